The predicted octanol–water partition coefficient (Wildman–Crippen LogP) is 1.34. The molecule has 1 aromatic heterocycles. The maximum atomic E-state index is 11.9. The van der Waals surface area contributed by atoms with Gasteiger partial charge in [0.1, 0.15) is 6.61 Å². The summed E-state index contributed by atoms with van der Waals surface area (Å²) in [5, 5.41) is 7.35. The molecule has 0 saturated heterocycles. The zero-order valence-electron chi connectivity index (χ0n) is 11.4. The van der Waals surface area contributed by atoms with Crippen LogP contribution in [-0.4, -0.2) is 28.9 Å². The maximum absolute atomic E-state index is 11.9. The molecule has 0 bridgehead atoms. The highest BCUT2D eigenvalue weighted by atomic mass is 16.5. The van der Waals surface area contributed by atoms with Crippen molar-refractivity contribution in [3.63, 3.8) is 0 Å². The molecule has 5 nitrogen and oxygen atoms in total. The van der Waals surface area contributed by atoms with E-state index in [1.54, 1.807) is 0 Å². The third kappa shape index (κ3) is 2.97. The summed E-state index contributed by atoms with van der Waals surface area (Å²) in [6.45, 7) is 0.916. The molecule has 1 amide bonds. The first-order chi connectivity index (χ1) is 9.24. The molecule has 1 atom stereocenters. The SMILES string of the molecule is Cn1ncc2c1CCC[C@@H]2NC(=O)COCC1CC1. The molecule has 1 heterocycles. The molecule has 3 rings (SSSR count). The molecule has 1 aromatic rings. The number of nitrogens with one attached hydrogen (secondary N) is 1. The Hall–Kier alpha value is -1.36. The molecule has 5 heteroatoms. The van der Waals surface area contributed by atoms with Crippen LogP contribution >= 0.6 is 0 Å². The lowest BCUT2D eigenvalue weighted by atomic mass is 9.93. The predicted molar refractivity (Wildman–Crippen MR) is 70.6 cm³/mol. The van der Waals surface area contributed by atoms with Gasteiger partial charge in [0.25, 0.3) is 0 Å². The Morgan fingerprint density at radius 3 is 3.16 bits per heavy atom. The minimum Gasteiger partial charge on any atom is -0.371 e. The van der Waals surface area contributed by atoms with E-state index in [9.17, 15) is 4.79 Å². The lowest BCUT2D eigenvalue weighted by Crippen LogP contribution is -2.33. The van der Waals surface area contributed by atoms with Gasteiger partial charge in [-0.15, -0.1) is 0 Å². The van der Waals surface area contributed by atoms with E-state index >= 15 is 0 Å². The third-order valence-corrected chi connectivity index (χ3v) is 3.99. The van der Waals surface area contributed by atoms with Gasteiger partial charge in [-0.25, -0.2) is 0 Å². The number of rotatable bonds is 5. The van der Waals surface area contributed by atoms with Gasteiger partial charge >= 0.3 is 0 Å². The number of nitrogens with zero attached hydrogens (tertiary/aromatic N) is 2. The Balaban J connectivity index is 1.53. The van der Waals surface area contributed by atoms with Crippen molar-refractivity contribution in [2.75, 3.05) is 13.2 Å². The quantitative estimate of drug-likeness (QED) is 0.872. The van der Waals surface area contributed by atoms with Crippen molar-refractivity contribution >= 4 is 5.91 Å². The highest BCUT2D eigenvalue weighted by Gasteiger charge is 2.25. The first-order valence-electron chi connectivity index (χ1n) is 7.12. The number of aromatic nitrogens is 2. The van der Waals surface area contributed by atoms with Crippen LogP contribution in [0.3, 0.4) is 0 Å². The molecular weight excluding hydrogens is 242 g/mol. The van der Waals surface area contributed by atoms with Crippen molar-refractivity contribution in [2.45, 2.75) is 38.1 Å². The lowest BCUT2D eigenvalue weighted by molar-refractivity contribution is -0.126. The number of carbonyl (C=O) groups excluding carboxylic acids is 1. The molecule has 19 heavy (non-hydrogen) atoms. The van der Waals surface area contributed by atoms with Crippen LogP contribution in [0.4, 0.5) is 0 Å². The standard InChI is InChI=1S/C14H21N3O2/c1-17-13-4-2-3-12(11(13)7-15-17)16-14(18)9-19-8-10-5-6-10/h7,10,12H,2-6,8-9H2,1H3,(H,16,18)/t12-/m0/s1. The van der Waals surface area contributed by atoms with E-state index in [1.165, 1.54) is 24.1 Å². The second kappa shape index (κ2) is 5.33. The van der Waals surface area contributed by atoms with Crippen molar-refractivity contribution in [1.29, 1.82) is 0 Å². The fourth-order valence-corrected chi connectivity index (χ4v) is 2.69. The monoisotopic (exact) mass is 263 g/mol. The fraction of sp³-hybridized carbons (Fsp3) is 0.714. The summed E-state index contributed by atoms with van der Waals surface area (Å²) >= 11 is 0. The van der Waals surface area contributed by atoms with E-state index in [0.29, 0.717) is 5.92 Å². The number of amides is 1. The number of hydrogen-bond donors (Lipinski definition) is 1. The van der Waals surface area contributed by atoms with Gasteiger partial charge in [-0.05, 0) is 38.0 Å². The molecule has 0 aliphatic heterocycles. The number of hydrogen-bond acceptors (Lipinski definition) is 3. The second-order valence-corrected chi connectivity index (χ2v) is 5.64. The summed E-state index contributed by atoms with van der Waals surface area (Å²) in [5.74, 6) is 0.690. The Labute approximate surface area is 113 Å². The number of aryl methyl sites for hydroxylation is 1. The van der Waals surface area contributed by atoms with Crippen LogP contribution in [0.15, 0.2) is 6.20 Å². The second-order valence-electron chi connectivity index (χ2n) is 5.64. The van der Waals surface area contributed by atoms with Crippen LogP contribution in [0.2, 0.25) is 0 Å². The van der Waals surface area contributed by atoms with E-state index in [0.717, 1.165) is 25.9 Å². The molecule has 1 fully saturated rings. The highest BCUT2D eigenvalue weighted by Crippen LogP contribution is 2.30. The summed E-state index contributed by atoms with van der Waals surface area (Å²) in [4.78, 5) is 11.9. The van der Waals surface area contributed by atoms with Gasteiger partial charge in [0, 0.05) is 18.3 Å². The van der Waals surface area contributed by atoms with Crippen molar-refractivity contribution in [3.8, 4) is 0 Å². The van der Waals surface area contributed by atoms with Gasteiger partial charge in [-0.3, -0.25) is 9.48 Å². The van der Waals surface area contributed by atoms with Crippen LogP contribution in [-0.2, 0) is 23.0 Å². The summed E-state index contributed by atoms with van der Waals surface area (Å²) in [6.07, 6.45) is 7.53. The van der Waals surface area contributed by atoms with Gasteiger partial charge in [0.05, 0.1) is 18.8 Å². The van der Waals surface area contributed by atoms with E-state index < -0.39 is 0 Å². The van der Waals surface area contributed by atoms with Crippen molar-refractivity contribution in [3.05, 3.63) is 17.5 Å². The van der Waals surface area contributed by atoms with E-state index in [2.05, 4.69) is 10.4 Å². The number of fused-ring (bicyclic) bond motifs is 1. The normalized spacial score (nSPS) is 22.1. The number of carbonyl (C=O) groups is 1. The van der Waals surface area contributed by atoms with E-state index in [-0.39, 0.29) is 18.6 Å². The van der Waals surface area contributed by atoms with Crippen LogP contribution in [0.25, 0.3) is 0 Å². The minimum absolute atomic E-state index is 0.0117. The highest BCUT2D eigenvalue weighted by molar-refractivity contribution is 5.77. The summed E-state index contributed by atoms with van der Waals surface area (Å²) in [7, 11) is 1.96. The smallest absolute Gasteiger partial charge is 0.246 e. The summed E-state index contributed by atoms with van der Waals surface area (Å²) in [5.41, 5.74) is 2.42. The molecule has 1 saturated carbocycles. The van der Waals surface area contributed by atoms with Crippen molar-refractivity contribution < 1.29 is 9.53 Å². The van der Waals surface area contributed by atoms with Crippen molar-refractivity contribution in [1.82, 2.24) is 15.1 Å². The molecule has 2 aliphatic rings. The molecular formula is C14H21N3O2. The Morgan fingerprint density at radius 1 is 1.53 bits per heavy atom. The summed E-state index contributed by atoms with van der Waals surface area (Å²) in [6, 6.07) is 0.106. The average Bonchev–Trinajstić information content (AvgIpc) is 3.14. The molecule has 0 radical (unpaired) electrons. The molecule has 0 unspecified atom stereocenters. The zero-order valence-corrected chi connectivity index (χ0v) is 11.4. The van der Waals surface area contributed by atoms with Gasteiger partial charge in [0.2, 0.25) is 5.91 Å². The first kappa shape index (κ1) is 12.7. The van der Waals surface area contributed by atoms with Crippen LogP contribution in [0, 0.1) is 5.92 Å². The Morgan fingerprint density at radius 2 is 2.37 bits per heavy atom. The molecule has 0 spiro atoms. The fourth-order valence-electron chi connectivity index (χ4n) is 2.69. The van der Waals surface area contributed by atoms with Crippen LogP contribution in [0.5, 0.6) is 0 Å². The lowest BCUT2D eigenvalue weighted by Gasteiger charge is -2.23. The van der Waals surface area contributed by atoms with Crippen LogP contribution < -0.4 is 5.32 Å². The third-order valence-electron chi connectivity index (χ3n) is 3.99. The zero-order chi connectivity index (χ0) is 13.2. The Kier molecular flexibility index (Phi) is 3.55. The topological polar surface area (TPSA) is 56.2 Å². The molecule has 104 valence electrons. The van der Waals surface area contributed by atoms with Crippen LogP contribution in [0.1, 0.15) is 43.0 Å². The van der Waals surface area contributed by atoms with Gasteiger partial charge in [0.15, 0.2) is 0 Å². The Bertz CT molecular complexity index is 465. The average molecular weight is 263 g/mol. The summed E-state index contributed by atoms with van der Waals surface area (Å²) < 4.78 is 7.34. The molecule has 2 aliphatic carbocycles. The number of ether oxygens (including phenoxy) is 1. The minimum atomic E-state index is -0.0117. The van der Waals surface area contributed by atoms with Gasteiger partial charge < -0.3 is 10.1 Å². The maximum Gasteiger partial charge on any atom is 0.246 e. The van der Waals surface area contributed by atoms with E-state index in [1.807, 2.05) is 17.9 Å². The van der Waals surface area contributed by atoms with Gasteiger partial charge in [-0.1, -0.05) is 0 Å². The van der Waals surface area contributed by atoms with E-state index in [4.69, 9.17) is 4.74 Å². The molecule has 1 N–H and O–H groups in total. The first-order valence-corrected chi connectivity index (χ1v) is 7.12. The van der Waals surface area contributed by atoms with Crippen molar-refractivity contribution in [2.24, 2.45) is 13.0 Å². The molecule has 0 aromatic carbocycles. The largest absolute Gasteiger partial charge is 0.371 e. The van der Waals surface area contributed by atoms with Gasteiger partial charge in [-0.2, -0.15) is 5.10 Å².